The van der Waals surface area contributed by atoms with E-state index in [0.717, 1.165) is 30.5 Å². The van der Waals surface area contributed by atoms with Crippen LogP contribution in [0.4, 0.5) is 5.82 Å². The lowest BCUT2D eigenvalue weighted by Gasteiger charge is -2.40. The lowest BCUT2D eigenvalue weighted by molar-refractivity contribution is -0.128. The first-order valence-electron chi connectivity index (χ1n) is 13.6. The van der Waals surface area contributed by atoms with Gasteiger partial charge in [0.15, 0.2) is 5.82 Å². The average Bonchev–Trinajstić information content (AvgIpc) is 3.63. The minimum absolute atomic E-state index is 0.164. The number of amides is 1. The molecule has 2 saturated heterocycles. The van der Waals surface area contributed by atoms with E-state index in [0.29, 0.717) is 55.1 Å². The maximum absolute atomic E-state index is 12.5. The molecule has 2 atom stereocenters. The molecule has 3 aromatic heterocycles. The Morgan fingerprint density at radius 2 is 2.15 bits per heavy atom. The molecule has 0 N–H and O–H groups in total. The maximum Gasteiger partial charge on any atom is 0.319 e. The minimum Gasteiger partial charge on any atom is -0.462 e. The van der Waals surface area contributed by atoms with Gasteiger partial charge in [0, 0.05) is 47.7 Å². The molecule has 0 aliphatic carbocycles. The zero-order chi connectivity index (χ0) is 27.6. The molecule has 204 valence electrons. The van der Waals surface area contributed by atoms with Crippen molar-refractivity contribution >= 4 is 44.2 Å². The van der Waals surface area contributed by atoms with Crippen LogP contribution >= 0.6 is 11.3 Å². The quantitative estimate of drug-likeness (QED) is 0.309. The van der Waals surface area contributed by atoms with E-state index in [9.17, 15) is 10.1 Å². The predicted octanol–water partition coefficient (Wildman–Crippen LogP) is 4.50. The molecule has 40 heavy (non-hydrogen) atoms. The molecule has 1 aromatic carbocycles. The maximum atomic E-state index is 12.5. The number of nitriles is 1. The Hall–Kier alpha value is -4.07. The molecule has 10 heteroatoms. The van der Waals surface area contributed by atoms with E-state index >= 15 is 0 Å². The Morgan fingerprint density at radius 1 is 1.25 bits per heavy atom. The third-order valence-corrected chi connectivity index (χ3v) is 8.89. The Balaban J connectivity index is 1.39. The molecule has 5 heterocycles. The number of pyridine rings is 1. The average molecular weight is 554 g/mol. The third kappa shape index (κ3) is 4.98. The highest BCUT2D eigenvalue weighted by Crippen LogP contribution is 2.35. The topological polar surface area (TPSA) is 98.5 Å². The van der Waals surface area contributed by atoms with Gasteiger partial charge in [-0.25, -0.2) is 0 Å². The van der Waals surface area contributed by atoms with Crippen molar-refractivity contribution in [1.82, 2.24) is 24.8 Å². The molecule has 9 nitrogen and oxygen atoms in total. The van der Waals surface area contributed by atoms with E-state index < -0.39 is 0 Å². The van der Waals surface area contributed by atoms with Gasteiger partial charge in [0.1, 0.15) is 12.1 Å². The van der Waals surface area contributed by atoms with Crippen LogP contribution in [0.15, 0.2) is 54.6 Å². The highest BCUT2D eigenvalue weighted by molar-refractivity contribution is 7.17. The molecule has 0 unspecified atom stereocenters. The summed E-state index contributed by atoms with van der Waals surface area (Å²) in [5.41, 5.74) is 3.47. The molecule has 6 rings (SSSR count). The van der Waals surface area contributed by atoms with Crippen molar-refractivity contribution in [3.8, 4) is 23.2 Å². The van der Waals surface area contributed by atoms with Crippen molar-refractivity contribution in [3.05, 3.63) is 54.6 Å². The first kappa shape index (κ1) is 26.2. The van der Waals surface area contributed by atoms with Gasteiger partial charge in [0.2, 0.25) is 5.91 Å². The summed E-state index contributed by atoms with van der Waals surface area (Å²) in [4.78, 5) is 33.1. The van der Waals surface area contributed by atoms with Crippen LogP contribution in [0.3, 0.4) is 0 Å². The summed E-state index contributed by atoms with van der Waals surface area (Å²) in [7, 11) is 2.12. The van der Waals surface area contributed by atoms with Crippen LogP contribution in [0.25, 0.3) is 32.2 Å². The van der Waals surface area contributed by atoms with E-state index in [1.807, 2.05) is 6.20 Å². The molecule has 4 aromatic rings. The van der Waals surface area contributed by atoms with E-state index in [1.54, 1.807) is 16.2 Å². The highest BCUT2D eigenvalue weighted by Gasteiger charge is 2.31. The number of carbonyl (C=O) groups excluding carboxylic acids is 1. The van der Waals surface area contributed by atoms with Gasteiger partial charge < -0.3 is 19.4 Å². The highest BCUT2D eigenvalue weighted by atomic mass is 32.1. The van der Waals surface area contributed by atoms with Crippen LogP contribution in [-0.4, -0.2) is 82.6 Å². The zero-order valence-corrected chi connectivity index (χ0v) is 23.3. The summed E-state index contributed by atoms with van der Waals surface area (Å²) in [5.74, 6) is 0.497. The lowest BCUT2D eigenvalue weighted by atomic mass is 10.1. The molecule has 2 aliphatic heterocycles. The smallest absolute Gasteiger partial charge is 0.319 e. The summed E-state index contributed by atoms with van der Waals surface area (Å²) in [6.07, 6.45) is 5.65. The number of likely N-dealkylation sites (tertiary alicyclic amines) is 1. The van der Waals surface area contributed by atoms with Crippen molar-refractivity contribution in [2.24, 2.45) is 0 Å². The van der Waals surface area contributed by atoms with E-state index in [4.69, 9.17) is 19.7 Å². The Bertz CT molecular complexity index is 1610. The van der Waals surface area contributed by atoms with E-state index in [-0.39, 0.29) is 18.4 Å². The number of hydrogen-bond donors (Lipinski definition) is 0. The Morgan fingerprint density at radius 3 is 2.95 bits per heavy atom. The standard InChI is InChI=1S/C30H31N7O2S/c1-3-26(38)37-14-13-36(18-22(37)9-11-31)29-27-25(33-30(34-29)39-19-23-7-5-12-35(23)2)16-21(17-32-27)24-8-4-6-20-10-15-40-28(20)24/h3-4,6,8,10,15-17,22-23H,1,5,7,9,12-14,18-19H2,2H3/t22-,23-/m0/s1. The second-order valence-electron chi connectivity index (χ2n) is 10.4. The summed E-state index contributed by atoms with van der Waals surface area (Å²) in [5, 5.41) is 12.8. The number of nitrogens with zero attached hydrogens (tertiary/aromatic N) is 7. The molecule has 0 radical (unpaired) electrons. The second-order valence-corrected chi connectivity index (χ2v) is 11.3. The van der Waals surface area contributed by atoms with Gasteiger partial charge in [-0.05, 0) is 55.4 Å². The Labute approximate surface area is 237 Å². The van der Waals surface area contributed by atoms with Gasteiger partial charge in [0.05, 0.1) is 24.0 Å². The van der Waals surface area contributed by atoms with Crippen LogP contribution < -0.4 is 9.64 Å². The molecule has 2 fully saturated rings. The van der Waals surface area contributed by atoms with Gasteiger partial charge in [-0.3, -0.25) is 9.78 Å². The van der Waals surface area contributed by atoms with Crippen molar-refractivity contribution in [2.45, 2.75) is 31.3 Å². The number of aromatic nitrogens is 3. The van der Waals surface area contributed by atoms with Gasteiger partial charge in [-0.2, -0.15) is 15.2 Å². The summed E-state index contributed by atoms with van der Waals surface area (Å²) in [6, 6.07) is 13.1. The van der Waals surface area contributed by atoms with Crippen LogP contribution in [0.5, 0.6) is 6.01 Å². The zero-order valence-electron chi connectivity index (χ0n) is 22.5. The fourth-order valence-electron chi connectivity index (χ4n) is 5.73. The van der Waals surface area contributed by atoms with Crippen LogP contribution in [0.1, 0.15) is 19.3 Å². The summed E-state index contributed by atoms with van der Waals surface area (Å²) in [6.45, 7) is 6.68. The van der Waals surface area contributed by atoms with Crippen molar-refractivity contribution in [1.29, 1.82) is 5.26 Å². The molecule has 0 saturated carbocycles. The van der Waals surface area contributed by atoms with Crippen molar-refractivity contribution in [2.75, 3.05) is 44.7 Å². The fourth-order valence-corrected chi connectivity index (χ4v) is 6.67. The van der Waals surface area contributed by atoms with Gasteiger partial charge in [-0.15, -0.1) is 11.3 Å². The van der Waals surface area contributed by atoms with E-state index in [1.165, 1.54) is 16.2 Å². The number of fused-ring (bicyclic) bond motifs is 2. The lowest BCUT2D eigenvalue weighted by Crippen LogP contribution is -2.55. The Kier molecular flexibility index (Phi) is 7.32. The number of rotatable bonds is 7. The minimum atomic E-state index is -0.276. The van der Waals surface area contributed by atoms with Crippen molar-refractivity contribution < 1.29 is 9.53 Å². The largest absolute Gasteiger partial charge is 0.462 e. The number of piperazine rings is 1. The van der Waals surface area contributed by atoms with Crippen molar-refractivity contribution in [3.63, 3.8) is 0 Å². The molecule has 0 bridgehead atoms. The molecule has 0 spiro atoms. The van der Waals surface area contributed by atoms with Gasteiger partial charge in [-0.1, -0.05) is 24.8 Å². The number of ether oxygens (including phenoxy) is 1. The number of benzene rings is 1. The number of carbonyl (C=O) groups is 1. The van der Waals surface area contributed by atoms with Crippen LogP contribution in [-0.2, 0) is 4.79 Å². The predicted molar refractivity (Wildman–Crippen MR) is 157 cm³/mol. The normalized spacial score (nSPS) is 19.7. The molecular formula is C30H31N7O2S. The first-order chi connectivity index (χ1) is 19.6. The molecule has 2 aliphatic rings. The fraction of sp³-hybridized carbons (Fsp3) is 0.367. The van der Waals surface area contributed by atoms with Gasteiger partial charge in [0.25, 0.3) is 0 Å². The van der Waals surface area contributed by atoms with Crippen LogP contribution in [0.2, 0.25) is 0 Å². The van der Waals surface area contributed by atoms with Gasteiger partial charge >= 0.3 is 6.01 Å². The molecular weight excluding hydrogens is 522 g/mol. The summed E-state index contributed by atoms with van der Waals surface area (Å²) >= 11 is 1.71. The first-order valence-corrected chi connectivity index (χ1v) is 14.5. The number of thiophene rings is 1. The number of anilines is 1. The van der Waals surface area contributed by atoms with E-state index in [2.05, 4.69) is 65.2 Å². The molecule has 1 amide bonds. The van der Waals surface area contributed by atoms with Crippen LogP contribution in [0, 0.1) is 11.3 Å². The SMILES string of the molecule is C=CC(=O)N1CCN(c2nc(OC[C@@H]3CCCN3C)nc3cc(-c4cccc5ccsc45)cnc23)C[C@@H]1CC#N. The number of likely N-dealkylation sites (N-methyl/N-ethyl adjacent to an activating group) is 1. The number of hydrogen-bond acceptors (Lipinski definition) is 9. The monoisotopic (exact) mass is 553 g/mol. The summed E-state index contributed by atoms with van der Waals surface area (Å²) < 4.78 is 7.42. The third-order valence-electron chi connectivity index (χ3n) is 7.93. The second kappa shape index (κ2) is 11.2.